The fourth-order valence-electron chi connectivity index (χ4n) is 2.72. The first-order valence-corrected chi connectivity index (χ1v) is 12.8. The van der Waals surface area contributed by atoms with Crippen LogP contribution < -0.4 is 17.4 Å². The molecule has 1 saturated heterocycles. The third-order valence-corrected chi connectivity index (χ3v) is 7.83. The minimum atomic E-state index is -5.61. The molecule has 0 aromatic carbocycles. The Balaban J connectivity index is 0.00000385. The highest BCUT2D eigenvalue weighted by Gasteiger charge is 2.45. The van der Waals surface area contributed by atoms with Crippen LogP contribution in [0.5, 0.6) is 0 Å². The lowest BCUT2D eigenvalue weighted by Crippen LogP contribution is -2.33. The van der Waals surface area contributed by atoms with E-state index in [2.05, 4.69) is 28.1 Å². The first-order chi connectivity index (χ1) is 14.6. The molecular formula is C10H19BN6O13P3. The number of anilines is 1. The Labute approximate surface area is 184 Å². The molecule has 3 radical (unpaired) electrons. The van der Waals surface area contributed by atoms with E-state index < -0.39 is 59.8 Å². The molecule has 23 heteroatoms. The molecule has 3 rings (SSSR count). The van der Waals surface area contributed by atoms with Gasteiger partial charge >= 0.3 is 15.6 Å². The van der Waals surface area contributed by atoms with Crippen molar-refractivity contribution in [2.45, 2.75) is 24.5 Å². The number of hydrogen-bond donors (Lipinski definition) is 8. The molecule has 6 atom stereocenters. The molecule has 2 aromatic heterocycles. The zero-order chi connectivity index (χ0) is 24.1. The molecule has 33 heavy (non-hydrogen) atoms. The Morgan fingerprint density at radius 2 is 1.85 bits per heavy atom. The predicted molar refractivity (Wildman–Crippen MR) is 108 cm³/mol. The molecule has 0 spiro atoms. The first-order valence-electron chi connectivity index (χ1n) is 8.17. The molecular weight excluding hydrogens is 516 g/mol. The van der Waals surface area contributed by atoms with Gasteiger partial charge in [0.15, 0.2) is 17.4 Å². The van der Waals surface area contributed by atoms with Gasteiger partial charge in [-0.3, -0.25) is 14.3 Å². The van der Waals surface area contributed by atoms with Crippen LogP contribution >= 0.6 is 23.1 Å². The molecule has 1 aliphatic heterocycles. The second-order valence-corrected chi connectivity index (χ2v) is 10.8. The Morgan fingerprint density at radius 1 is 1.21 bits per heavy atom. The lowest BCUT2D eigenvalue weighted by Gasteiger charge is -2.29. The minimum absolute atomic E-state index is 0. The lowest BCUT2D eigenvalue weighted by molar-refractivity contribution is -0.0479. The smallest absolute Gasteiger partial charge is 0.443 e. The third-order valence-electron chi connectivity index (χ3n) is 3.91. The number of fused-ring (bicyclic) bond motifs is 1. The summed E-state index contributed by atoms with van der Waals surface area (Å²) in [6, 6.07) is 0. The highest BCUT2D eigenvalue weighted by Crippen LogP contribution is 2.66. The third kappa shape index (κ3) is 6.55. The summed E-state index contributed by atoms with van der Waals surface area (Å²) < 4.78 is 52.6. The summed E-state index contributed by atoms with van der Waals surface area (Å²) in [6.07, 6.45) is -5.09. The summed E-state index contributed by atoms with van der Waals surface area (Å²) in [5.41, 5.74) is 4.57. The number of H-pyrrole nitrogens is 1. The number of nitrogens with two attached hydrogens (primary N) is 1. The summed E-state index contributed by atoms with van der Waals surface area (Å²) in [6.45, 7) is -0.888. The molecule has 19 nitrogen and oxygen atoms in total. The van der Waals surface area contributed by atoms with E-state index in [-0.39, 0.29) is 23.3 Å². The van der Waals surface area contributed by atoms with Crippen molar-refractivity contribution >= 4 is 47.8 Å². The number of quaternary nitrogens is 1. The van der Waals surface area contributed by atoms with Crippen molar-refractivity contribution in [2.75, 3.05) is 12.3 Å². The van der Waals surface area contributed by atoms with Crippen LogP contribution in [0.3, 0.4) is 0 Å². The molecule has 0 aliphatic carbocycles. The molecule has 0 bridgehead atoms. The molecule has 3 heterocycles. The molecule has 2 aromatic rings. The summed E-state index contributed by atoms with van der Waals surface area (Å²) in [4.78, 5) is 48.0. The number of hydrogen-bond acceptors (Lipinski definition) is 13. The number of ether oxygens (including phenoxy) is 1. The molecule has 1 aliphatic rings. The molecule has 12 N–H and O–H groups in total. The van der Waals surface area contributed by atoms with Crippen molar-refractivity contribution in [3.05, 3.63) is 16.7 Å². The number of aromatic amines is 1. The van der Waals surface area contributed by atoms with Gasteiger partial charge in [0, 0.05) is 0 Å². The van der Waals surface area contributed by atoms with E-state index in [1.807, 2.05) is 0 Å². The highest BCUT2D eigenvalue weighted by molar-refractivity contribution is 7.84. The Bertz CT molecular complexity index is 1220. The van der Waals surface area contributed by atoms with Gasteiger partial charge in [-0.2, -0.15) is 9.29 Å². The van der Waals surface area contributed by atoms with E-state index >= 15 is 0 Å². The number of phosphoric acid groups is 2. The number of nitrogens with zero attached hydrogens (tertiary/aromatic N) is 3. The van der Waals surface area contributed by atoms with Gasteiger partial charge in [0.1, 0.15) is 18.3 Å². The van der Waals surface area contributed by atoms with Crippen molar-refractivity contribution in [2.24, 2.45) is 0 Å². The zero-order valence-electron chi connectivity index (χ0n) is 16.4. The van der Waals surface area contributed by atoms with Crippen molar-refractivity contribution in [1.82, 2.24) is 25.7 Å². The van der Waals surface area contributed by atoms with Crippen LogP contribution in [0.1, 0.15) is 6.23 Å². The highest BCUT2D eigenvalue weighted by atomic mass is 31.3. The van der Waals surface area contributed by atoms with E-state index in [0.29, 0.717) is 0 Å². The van der Waals surface area contributed by atoms with Crippen LogP contribution in [0.2, 0.25) is 0 Å². The van der Waals surface area contributed by atoms with Crippen molar-refractivity contribution < 1.29 is 56.5 Å². The Kier molecular flexibility index (Phi) is 8.10. The summed E-state index contributed by atoms with van der Waals surface area (Å²) in [7, 11) is -11.0. The second kappa shape index (κ2) is 9.63. The quantitative estimate of drug-likeness (QED) is 0.137. The standard InChI is InChI=1S/C10H15BN5O13P3.H3N/c11-30(20,28-32(24,25)29-31(21,22)23)26-1-3-5(17)6(18)9(27-3)16-2-13-4-7(16)14-10(12)15-8(4)19;/h2-3,5-6,9,17-18H,1H2,(H,24,25)(H2,21,22,23)(H3,12,14,15,19);1H3/q-1;/p+1/t3-,5-,6-,9-,30?;/m1./s1. The summed E-state index contributed by atoms with van der Waals surface area (Å²) >= 11 is 0. The normalized spacial score (nSPS) is 27.1. The summed E-state index contributed by atoms with van der Waals surface area (Å²) in [5, 5.41) is 20.5. The van der Waals surface area contributed by atoms with E-state index in [9.17, 15) is 33.6 Å². The zero-order valence-corrected chi connectivity index (χ0v) is 19.1. The molecule has 0 amide bonds. The molecule has 2 unspecified atom stereocenters. The van der Waals surface area contributed by atoms with E-state index in [0.717, 1.165) is 10.9 Å². The maximum Gasteiger partial charge on any atom is 0.485 e. The van der Waals surface area contributed by atoms with Gasteiger partial charge in [-0.05, 0) is 0 Å². The van der Waals surface area contributed by atoms with E-state index in [1.165, 1.54) is 0 Å². The van der Waals surface area contributed by atoms with E-state index in [1.54, 1.807) is 0 Å². The largest absolute Gasteiger partial charge is 0.485 e. The number of aliphatic hydroxyl groups excluding tert-OH is 2. The van der Waals surface area contributed by atoms with Crippen molar-refractivity contribution in [3.63, 3.8) is 0 Å². The number of nitrogen functional groups attached to an aromatic ring is 1. The van der Waals surface area contributed by atoms with Gasteiger partial charge in [0.25, 0.3) is 5.56 Å². The first kappa shape index (κ1) is 27.7. The van der Waals surface area contributed by atoms with Crippen LogP contribution in [0.25, 0.3) is 11.2 Å². The van der Waals surface area contributed by atoms with Crippen LogP contribution in [0.15, 0.2) is 11.1 Å². The maximum absolute atomic E-state index is 12.0. The van der Waals surface area contributed by atoms with E-state index in [4.69, 9.17) is 27.8 Å². The van der Waals surface area contributed by atoms with Crippen LogP contribution in [0.4, 0.5) is 5.95 Å². The number of nitrogens with one attached hydrogen (secondary N) is 1. The topological polar surface area (TPSA) is 315 Å². The van der Waals surface area contributed by atoms with Crippen molar-refractivity contribution in [1.29, 1.82) is 0 Å². The average molecular weight is 535 g/mol. The number of aliphatic hydroxyl groups is 2. The van der Waals surface area contributed by atoms with Gasteiger partial charge in [-0.15, -0.1) is 0 Å². The molecule has 1 fully saturated rings. The maximum atomic E-state index is 12.0. The van der Waals surface area contributed by atoms with Gasteiger partial charge in [0.05, 0.1) is 20.4 Å². The Morgan fingerprint density at radius 3 is 2.45 bits per heavy atom. The monoisotopic (exact) mass is 535 g/mol. The minimum Gasteiger partial charge on any atom is -0.443 e. The fourth-order valence-corrected chi connectivity index (χ4v) is 5.88. The fraction of sp³-hybridized carbons (Fsp3) is 0.500. The number of aromatic nitrogens is 4. The van der Waals surface area contributed by atoms with Gasteiger partial charge < -0.3 is 58.2 Å². The van der Waals surface area contributed by atoms with Crippen LogP contribution in [0, 0.1) is 0 Å². The van der Waals surface area contributed by atoms with Gasteiger partial charge in [-0.25, -0.2) is 18.4 Å². The van der Waals surface area contributed by atoms with Crippen LogP contribution in [-0.2, 0) is 31.6 Å². The van der Waals surface area contributed by atoms with Gasteiger partial charge in [-0.1, -0.05) is 0 Å². The SMILES string of the molecule is [B-]P(=O)(OC[C@H]1O[C@@H](n2cnc3c(=O)[nH]c(N)nc32)[C@H](O)[C@@H]1O)OP(=O)(O)OP(=O)(O)O.[NH4+]. The van der Waals surface area contributed by atoms with Crippen LogP contribution in [-0.4, -0.2) is 76.9 Å². The average Bonchev–Trinajstić information content (AvgIpc) is 3.12. The lowest BCUT2D eigenvalue weighted by atomic mass is 10.1. The Hall–Kier alpha value is -1.50. The summed E-state index contributed by atoms with van der Waals surface area (Å²) in [5.74, 6) is -0.260. The molecule has 185 valence electrons. The van der Waals surface area contributed by atoms with Crippen molar-refractivity contribution in [3.8, 4) is 0 Å². The second-order valence-electron chi connectivity index (χ2n) is 6.28. The number of imidazole rings is 1. The van der Waals surface area contributed by atoms with Gasteiger partial charge in [0.2, 0.25) is 5.95 Å². The predicted octanol–water partition coefficient (Wildman–Crippen LogP) is -1.78. The molecule has 0 saturated carbocycles. The number of rotatable bonds is 8.